The molecule has 1 aromatic rings. The van der Waals surface area contributed by atoms with E-state index in [-0.39, 0.29) is 0 Å². The number of alkyl halides is 2. The fourth-order valence-corrected chi connectivity index (χ4v) is 4.60. The number of aliphatic carboxylic acids is 1. The number of halogens is 2. The molecule has 1 amide bonds. The van der Waals surface area contributed by atoms with Crippen molar-refractivity contribution < 1.29 is 19.4 Å². The maximum absolute atomic E-state index is 12.6. The van der Waals surface area contributed by atoms with Gasteiger partial charge in [-0.25, -0.2) is 4.79 Å². The van der Waals surface area contributed by atoms with E-state index in [2.05, 4.69) is 60.3 Å². The van der Waals surface area contributed by atoms with Crippen LogP contribution in [0.1, 0.15) is 52.7 Å². The van der Waals surface area contributed by atoms with Crippen LogP contribution in [0.15, 0.2) is 18.2 Å². The molecule has 8 heteroatoms. The SMILES string of the molecule is Cc1ccc(N(CCBr)CCBr)cc1C[C@@H](NC(=O)OC(C)(C)C)C(C(=O)O)C(C)(C)C. The molecule has 0 aliphatic carbocycles. The number of amides is 1. The summed E-state index contributed by atoms with van der Waals surface area (Å²) in [6.07, 6.45) is -0.212. The maximum Gasteiger partial charge on any atom is 0.407 e. The number of carboxylic acids is 1. The van der Waals surface area contributed by atoms with Crippen LogP contribution in [0.4, 0.5) is 10.5 Å². The van der Waals surface area contributed by atoms with Crippen molar-refractivity contribution in [3.63, 3.8) is 0 Å². The van der Waals surface area contributed by atoms with E-state index in [4.69, 9.17) is 4.74 Å². The van der Waals surface area contributed by atoms with Crippen molar-refractivity contribution in [2.75, 3.05) is 28.6 Å². The topological polar surface area (TPSA) is 78.9 Å². The lowest BCUT2D eigenvalue weighted by Crippen LogP contribution is -2.50. The van der Waals surface area contributed by atoms with Gasteiger partial charge in [0.15, 0.2) is 0 Å². The van der Waals surface area contributed by atoms with Crippen molar-refractivity contribution >= 4 is 49.6 Å². The molecule has 6 nitrogen and oxygen atoms in total. The molecule has 0 aliphatic heterocycles. The number of anilines is 1. The predicted molar refractivity (Wildman–Crippen MR) is 138 cm³/mol. The molecule has 0 aromatic heterocycles. The highest BCUT2D eigenvalue weighted by atomic mass is 79.9. The Labute approximate surface area is 209 Å². The van der Waals surface area contributed by atoms with E-state index in [1.807, 2.05) is 27.7 Å². The molecule has 1 aromatic carbocycles. The van der Waals surface area contributed by atoms with Gasteiger partial charge < -0.3 is 20.1 Å². The zero-order valence-corrected chi connectivity index (χ0v) is 23.5. The number of benzene rings is 1. The molecule has 2 atom stereocenters. The van der Waals surface area contributed by atoms with Crippen molar-refractivity contribution in [3.8, 4) is 0 Å². The minimum absolute atomic E-state index is 0.392. The molecule has 1 rings (SSSR count). The third-order valence-electron chi connectivity index (χ3n) is 5.15. The Balaban J connectivity index is 3.35. The Morgan fingerprint density at radius 1 is 1.09 bits per heavy atom. The van der Waals surface area contributed by atoms with Crippen LogP contribution >= 0.6 is 31.9 Å². The lowest BCUT2D eigenvalue weighted by Gasteiger charge is -2.35. The van der Waals surface area contributed by atoms with Crippen molar-refractivity contribution in [2.45, 2.75) is 66.5 Å². The largest absolute Gasteiger partial charge is 0.481 e. The Hall–Kier alpha value is -1.28. The molecular formula is C24H38Br2N2O4. The average Bonchev–Trinajstić information content (AvgIpc) is 2.60. The standard InChI is InChI=1S/C24H38Br2N2O4/c1-16-8-9-18(28(12-10-25)13-11-26)14-17(16)15-19(20(21(29)30)23(2,3)4)27-22(31)32-24(5,6)7/h8-9,14,19-20H,10-13,15H2,1-7H3,(H,27,31)(H,29,30)/t19-,20?/m1/s1. The first-order chi connectivity index (χ1) is 14.7. The number of carbonyl (C=O) groups is 2. The molecule has 0 fully saturated rings. The van der Waals surface area contributed by atoms with Crippen molar-refractivity contribution in [1.82, 2.24) is 5.32 Å². The van der Waals surface area contributed by atoms with E-state index in [0.717, 1.165) is 40.6 Å². The summed E-state index contributed by atoms with van der Waals surface area (Å²) in [5.74, 6) is -1.73. The summed E-state index contributed by atoms with van der Waals surface area (Å²) in [6.45, 7) is 14.7. The predicted octanol–water partition coefficient (Wildman–Crippen LogP) is 5.77. The normalized spacial score (nSPS) is 13.9. The number of aryl methyl sites for hydroxylation is 1. The lowest BCUT2D eigenvalue weighted by molar-refractivity contribution is -0.146. The first kappa shape index (κ1) is 28.8. The number of nitrogens with zero attached hydrogens (tertiary/aromatic N) is 1. The summed E-state index contributed by atoms with van der Waals surface area (Å²) < 4.78 is 5.44. The van der Waals surface area contributed by atoms with Gasteiger partial charge in [-0.05, 0) is 62.8 Å². The summed E-state index contributed by atoms with van der Waals surface area (Å²) in [4.78, 5) is 27.1. The van der Waals surface area contributed by atoms with Gasteiger partial charge in [-0.3, -0.25) is 4.79 Å². The molecule has 0 saturated heterocycles. The highest BCUT2D eigenvalue weighted by Gasteiger charge is 2.39. The zero-order chi connectivity index (χ0) is 24.7. The van der Waals surface area contributed by atoms with Crippen LogP contribution in [0.5, 0.6) is 0 Å². The van der Waals surface area contributed by atoms with E-state index in [1.165, 1.54) is 0 Å². The molecule has 0 spiro atoms. The molecule has 182 valence electrons. The van der Waals surface area contributed by atoms with Gasteiger partial charge in [0.25, 0.3) is 0 Å². The van der Waals surface area contributed by atoms with E-state index in [0.29, 0.717) is 6.42 Å². The fourth-order valence-electron chi connectivity index (χ4n) is 3.74. The van der Waals surface area contributed by atoms with Crippen LogP contribution in [0.25, 0.3) is 0 Å². The molecule has 1 unspecified atom stereocenters. The molecular weight excluding hydrogens is 540 g/mol. The van der Waals surface area contributed by atoms with E-state index in [1.54, 1.807) is 20.8 Å². The Bertz CT molecular complexity index is 766. The van der Waals surface area contributed by atoms with Crippen LogP contribution in [0.2, 0.25) is 0 Å². The number of alkyl carbamates (subject to hydrolysis) is 1. The van der Waals surface area contributed by atoms with Gasteiger partial charge in [-0.15, -0.1) is 0 Å². The smallest absolute Gasteiger partial charge is 0.407 e. The molecule has 0 saturated carbocycles. The van der Waals surface area contributed by atoms with Gasteiger partial charge in [0, 0.05) is 29.4 Å². The van der Waals surface area contributed by atoms with Crippen LogP contribution in [-0.2, 0) is 16.0 Å². The number of carboxylic acid groups (broad SMARTS) is 1. The van der Waals surface area contributed by atoms with Crippen molar-refractivity contribution in [3.05, 3.63) is 29.3 Å². The second kappa shape index (κ2) is 12.3. The van der Waals surface area contributed by atoms with E-state index < -0.39 is 35.0 Å². The quantitative estimate of drug-likeness (QED) is 0.345. The number of nitrogens with one attached hydrogen (secondary N) is 1. The molecule has 2 N–H and O–H groups in total. The third-order valence-corrected chi connectivity index (χ3v) is 5.86. The number of hydrogen-bond acceptors (Lipinski definition) is 4. The third kappa shape index (κ3) is 9.30. The Morgan fingerprint density at radius 3 is 2.09 bits per heavy atom. The maximum atomic E-state index is 12.6. The molecule has 0 heterocycles. The number of rotatable bonds is 10. The van der Waals surface area contributed by atoms with Crippen molar-refractivity contribution in [1.29, 1.82) is 0 Å². The minimum Gasteiger partial charge on any atom is -0.481 e. The lowest BCUT2D eigenvalue weighted by atomic mass is 9.74. The minimum atomic E-state index is -0.937. The van der Waals surface area contributed by atoms with Crippen molar-refractivity contribution in [2.24, 2.45) is 11.3 Å². The highest BCUT2D eigenvalue weighted by molar-refractivity contribution is 9.09. The number of hydrogen-bond donors (Lipinski definition) is 2. The van der Waals surface area contributed by atoms with E-state index in [9.17, 15) is 14.7 Å². The summed E-state index contributed by atoms with van der Waals surface area (Å²) in [6, 6.07) is 5.61. The number of ether oxygens (including phenoxy) is 1. The molecule has 32 heavy (non-hydrogen) atoms. The fraction of sp³-hybridized carbons (Fsp3) is 0.667. The van der Waals surface area contributed by atoms with Crippen LogP contribution < -0.4 is 10.2 Å². The number of carbonyl (C=O) groups excluding carboxylic acids is 1. The van der Waals surface area contributed by atoms with Gasteiger partial charge in [-0.1, -0.05) is 58.7 Å². The zero-order valence-electron chi connectivity index (χ0n) is 20.3. The first-order valence-corrected chi connectivity index (χ1v) is 13.1. The van der Waals surface area contributed by atoms with Gasteiger partial charge in [0.1, 0.15) is 5.60 Å². The second-order valence-electron chi connectivity index (χ2n) is 10.1. The van der Waals surface area contributed by atoms with Gasteiger partial charge in [-0.2, -0.15) is 0 Å². The first-order valence-electron chi connectivity index (χ1n) is 10.9. The monoisotopic (exact) mass is 576 g/mol. The Kier molecular flexibility index (Phi) is 11.0. The average molecular weight is 578 g/mol. The molecule has 0 aliphatic rings. The summed E-state index contributed by atoms with van der Waals surface area (Å²) >= 11 is 7.03. The van der Waals surface area contributed by atoms with Gasteiger partial charge in [0.2, 0.25) is 0 Å². The van der Waals surface area contributed by atoms with Crippen LogP contribution in [0, 0.1) is 18.3 Å². The van der Waals surface area contributed by atoms with E-state index >= 15 is 0 Å². The van der Waals surface area contributed by atoms with Gasteiger partial charge >= 0.3 is 12.1 Å². The summed E-state index contributed by atoms with van der Waals surface area (Å²) in [7, 11) is 0. The summed E-state index contributed by atoms with van der Waals surface area (Å²) in [5, 5.41) is 14.6. The Morgan fingerprint density at radius 2 is 1.66 bits per heavy atom. The summed E-state index contributed by atoms with van der Waals surface area (Å²) in [5.41, 5.74) is 1.91. The highest BCUT2D eigenvalue weighted by Crippen LogP contribution is 2.32. The van der Waals surface area contributed by atoms with Gasteiger partial charge in [0.05, 0.1) is 12.0 Å². The molecule has 0 bridgehead atoms. The van der Waals surface area contributed by atoms with Crippen LogP contribution in [-0.4, -0.2) is 52.6 Å². The second-order valence-corrected chi connectivity index (χ2v) is 11.7. The van der Waals surface area contributed by atoms with Crippen LogP contribution in [0.3, 0.4) is 0 Å². The molecule has 0 radical (unpaired) electrons.